The lowest BCUT2D eigenvalue weighted by Crippen LogP contribution is -2.33. The zero-order chi connectivity index (χ0) is 15.1. The zero-order valence-electron chi connectivity index (χ0n) is 12.8. The Morgan fingerprint density at radius 3 is 2.55 bits per heavy atom. The first kappa shape index (κ1) is 16.4. The molecule has 0 aliphatic heterocycles. The molecule has 0 aliphatic carbocycles. The van der Waals surface area contributed by atoms with E-state index in [2.05, 4.69) is 44.7 Å². The minimum absolute atomic E-state index is 0.496. The van der Waals surface area contributed by atoms with Gasteiger partial charge in [-0.3, -0.25) is 4.90 Å². The van der Waals surface area contributed by atoms with Gasteiger partial charge in [0.05, 0.1) is 0 Å². The summed E-state index contributed by atoms with van der Waals surface area (Å²) in [6, 6.07) is 8.54. The van der Waals surface area contributed by atoms with E-state index in [0.717, 1.165) is 18.7 Å². The molecule has 0 fully saturated rings. The molecule has 0 unspecified atom stereocenters. The second-order valence-electron chi connectivity index (χ2n) is 5.83. The van der Waals surface area contributed by atoms with Crippen molar-refractivity contribution in [2.45, 2.75) is 40.3 Å². The highest BCUT2D eigenvalue weighted by Gasteiger charge is 2.11. The van der Waals surface area contributed by atoms with E-state index in [1.807, 2.05) is 12.1 Å². The van der Waals surface area contributed by atoms with Crippen molar-refractivity contribution in [3.63, 3.8) is 0 Å². The summed E-state index contributed by atoms with van der Waals surface area (Å²) in [6.45, 7) is 10.8. The molecule has 3 nitrogen and oxygen atoms in total. The van der Waals surface area contributed by atoms with Crippen molar-refractivity contribution in [3.8, 4) is 0 Å². The average Bonchev–Trinajstić information content (AvgIpc) is 2.35. The van der Waals surface area contributed by atoms with Gasteiger partial charge < -0.3 is 5.11 Å². The molecule has 0 atom stereocenters. The van der Waals surface area contributed by atoms with Crippen LogP contribution in [-0.2, 0) is 11.3 Å². The molecule has 0 saturated heterocycles. The minimum Gasteiger partial charge on any atom is -0.478 e. The Morgan fingerprint density at radius 2 is 2.00 bits per heavy atom. The van der Waals surface area contributed by atoms with Gasteiger partial charge in [0, 0.05) is 25.2 Å². The molecule has 0 bridgehead atoms. The first-order valence-corrected chi connectivity index (χ1v) is 7.12. The van der Waals surface area contributed by atoms with Gasteiger partial charge in [0.15, 0.2) is 0 Å². The van der Waals surface area contributed by atoms with Gasteiger partial charge in [-0.05, 0) is 37.0 Å². The van der Waals surface area contributed by atoms with E-state index in [-0.39, 0.29) is 0 Å². The van der Waals surface area contributed by atoms with Gasteiger partial charge in [-0.15, -0.1) is 0 Å². The number of rotatable bonds is 7. The van der Waals surface area contributed by atoms with Gasteiger partial charge in [0.25, 0.3) is 0 Å². The van der Waals surface area contributed by atoms with Crippen LogP contribution in [-0.4, -0.2) is 28.6 Å². The quantitative estimate of drug-likeness (QED) is 0.772. The number of carboxylic acids is 1. The Balaban J connectivity index is 2.80. The molecule has 0 saturated carbocycles. The van der Waals surface area contributed by atoms with Crippen LogP contribution in [0.3, 0.4) is 0 Å². The van der Waals surface area contributed by atoms with E-state index in [9.17, 15) is 4.79 Å². The van der Waals surface area contributed by atoms with E-state index in [1.54, 1.807) is 6.08 Å². The molecule has 0 spiro atoms. The lowest BCUT2D eigenvalue weighted by Gasteiger charge is -2.28. The van der Waals surface area contributed by atoms with Crippen molar-refractivity contribution >= 4 is 12.0 Å². The molecule has 20 heavy (non-hydrogen) atoms. The van der Waals surface area contributed by atoms with Crippen LogP contribution in [0.2, 0.25) is 0 Å². The number of carbonyl (C=O) groups is 1. The molecule has 1 rings (SSSR count). The molecule has 0 aliphatic rings. The van der Waals surface area contributed by atoms with Crippen molar-refractivity contribution in [2.24, 2.45) is 5.92 Å². The Hall–Kier alpha value is -1.61. The molecule has 110 valence electrons. The molecule has 0 heterocycles. The molecule has 0 amide bonds. The molecule has 1 aromatic carbocycles. The predicted octanol–water partition coefficient (Wildman–Crippen LogP) is 3.65. The lowest BCUT2D eigenvalue weighted by molar-refractivity contribution is -0.131. The SMILES string of the molecule is CC(C)CN(Cc1cccc(C=CC(=O)O)c1)C(C)C. The molecular formula is C17H25NO2. The highest BCUT2D eigenvalue weighted by atomic mass is 16.4. The molecule has 1 aromatic rings. The Morgan fingerprint density at radius 1 is 1.30 bits per heavy atom. The van der Waals surface area contributed by atoms with Crippen molar-refractivity contribution in [1.82, 2.24) is 4.90 Å². The number of nitrogens with zero attached hydrogens (tertiary/aromatic N) is 1. The van der Waals surface area contributed by atoms with E-state index in [0.29, 0.717) is 12.0 Å². The summed E-state index contributed by atoms with van der Waals surface area (Å²) >= 11 is 0. The second-order valence-corrected chi connectivity index (χ2v) is 5.83. The Kier molecular flexibility index (Phi) is 6.46. The molecule has 0 radical (unpaired) electrons. The topological polar surface area (TPSA) is 40.5 Å². The summed E-state index contributed by atoms with van der Waals surface area (Å²) < 4.78 is 0. The predicted molar refractivity (Wildman–Crippen MR) is 83.5 cm³/mol. The smallest absolute Gasteiger partial charge is 0.328 e. The second kappa shape index (κ2) is 7.85. The molecule has 1 N–H and O–H groups in total. The third-order valence-electron chi connectivity index (χ3n) is 3.09. The average molecular weight is 275 g/mol. The van der Waals surface area contributed by atoms with Crippen LogP contribution in [0.25, 0.3) is 6.08 Å². The van der Waals surface area contributed by atoms with Gasteiger partial charge in [-0.25, -0.2) is 4.79 Å². The van der Waals surface area contributed by atoms with Crippen molar-refractivity contribution < 1.29 is 9.90 Å². The Bertz CT molecular complexity index is 464. The van der Waals surface area contributed by atoms with Crippen LogP contribution < -0.4 is 0 Å². The van der Waals surface area contributed by atoms with E-state index >= 15 is 0 Å². The van der Waals surface area contributed by atoms with Gasteiger partial charge in [0.1, 0.15) is 0 Å². The summed E-state index contributed by atoms with van der Waals surface area (Å²) in [5, 5.41) is 8.67. The van der Waals surface area contributed by atoms with Crippen molar-refractivity contribution in [2.75, 3.05) is 6.54 Å². The van der Waals surface area contributed by atoms with Crippen LogP contribution in [0.5, 0.6) is 0 Å². The summed E-state index contributed by atoms with van der Waals surface area (Å²) in [5.41, 5.74) is 2.14. The van der Waals surface area contributed by atoms with Gasteiger partial charge in [0.2, 0.25) is 0 Å². The third-order valence-corrected chi connectivity index (χ3v) is 3.09. The highest BCUT2D eigenvalue weighted by Crippen LogP contribution is 2.13. The fourth-order valence-corrected chi connectivity index (χ4v) is 2.12. The number of carboxylic acid groups (broad SMARTS) is 1. The highest BCUT2D eigenvalue weighted by molar-refractivity contribution is 5.85. The number of hydrogen-bond acceptors (Lipinski definition) is 2. The van der Waals surface area contributed by atoms with Gasteiger partial charge >= 0.3 is 5.97 Å². The summed E-state index contributed by atoms with van der Waals surface area (Å²) in [6.07, 6.45) is 2.81. The first-order valence-electron chi connectivity index (χ1n) is 7.12. The fraction of sp³-hybridized carbons (Fsp3) is 0.471. The maximum atomic E-state index is 10.6. The van der Waals surface area contributed by atoms with E-state index in [4.69, 9.17) is 5.11 Å². The molecule has 3 heteroatoms. The minimum atomic E-state index is -0.918. The zero-order valence-corrected chi connectivity index (χ0v) is 12.8. The molecule has 0 aromatic heterocycles. The van der Waals surface area contributed by atoms with E-state index < -0.39 is 5.97 Å². The maximum absolute atomic E-state index is 10.6. The summed E-state index contributed by atoms with van der Waals surface area (Å²) in [7, 11) is 0. The third kappa shape index (κ3) is 6.02. The van der Waals surface area contributed by atoms with Crippen LogP contribution in [0.1, 0.15) is 38.8 Å². The van der Waals surface area contributed by atoms with Crippen molar-refractivity contribution in [1.29, 1.82) is 0 Å². The number of benzene rings is 1. The summed E-state index contributed by atoms with van der Waals surface area (Å²) in [5.74, 6) is -0.286. The molecular weight excluding hydrogens is 250 g/mol. The van der Waals surface area contributed by atoms with Crippen LogP contribution in [0.15, 0.2) is 30.3 Å². The largest absolute Gasteiger partial charge is 0.478 e. The Labute approximate surface area is 121 Å². The van der Waals surface area contributed by atoms with Gasteiger partial charge in [-0.2, -0.15) is 0 Å². The summed E-state index contributed by atoms with van der Waals surface area (Å²) in [4.78, 5) is 13.0. The number of hydrogen-bond donors (Lipinski definition) is 1. The lowest BCUT2D eigenvalue weighted by atomic mass is 10.1. The normalized spacial score (nSPS) is 11.9. The van der Waals surface area contributed by atoms with Crippen LogP contribution in [0.4, 0.5) is 0 Å². The monoisotopic (exact) mass is 275 g/mol. The maximum Gasteiger partial charge on any atom is 0.328 e. The van der Waals surface area contributed by atoms with E-state index in [1.165, 1.54) is 11.6 Å². The number of aliphatic carboxylic acids is 1. The standard InChI is InChI=1S/C17H25NO2/c1-13(2)11-18(14(3)4)12-16-7-5-6-15(10-16)8-9-17(19)20/h5-10,13-14H,11-12H2,1-4H3,(H,19,20). The fourth-order valence-electron chi connectivity index (χ4n) is 2.12. The van der Waals surface area contributed by atoms with Crippen molar-refractivity contribution in [3.05, 3.63) is 41.5 Å². The first-order chi connectivity index (χ1) is 9.38. The van der Waals surface area contributed by atoms with Gasteiger partial charge in [-0.1, -0.05) is 38.1 Å². The van der Waals surface area contributed by atoms with Crippen LogP contribution in [0, 0.1) is 5.92 Å². The van der Waals surface area contributed by atoms with Crippen LogP contribution >= 0.6 is 0 Å².